The third-order valence-corrected chi connectivity index (χ3v) is 5.37. The van der Waals surface area contributed by atoms with E-state index in [0.717, 1.165) is 17.2 Å². The van der Waals surface area contributed by atoms with E-state index in [1.165, 1.54) is 12.1 Å². The summed E-state index contributed by atoms with van der Waals surface area (Å²) in [5.41, 5.74) is 9.42. The van der Waals surface area contributed by atoms with Crippen molar-refractivity contribution in [3.63, 3.8) is 0 Å². The number of methoxy groups -OCH3 is 1. The molecule has 2 rings (SSSR count). The van der Waals surface area contributed by atoms with Crippen LogP contribution >= 0.6 is 0 Å². The molecule has 0 saturated carbocycles. The minimum Gasteiger partial charge on any atom is -0.401 e. The summed E-state index contributed by atoms with van der Waals surface area (Å²) in [5.74, 6) is -0.780. The Hall–Kier alpha value is -2.59. The first-order chi connectivity index (χ1) is 14.6. The molecule has 0 atom stereocenters. The van der Waals surface area contributed by atoms with E-state index in [-0.39, 0.29) is 10.6 Å². The van der Waals surface area contributed by atoms with Gasteiger partial charge in [-0.15, -0.1) is 0 Å². The largest absolute Gasteiger partial charge is 0.401 e. The number of allylic oxidation sites excluding steroid dienone is 1. The van der Waals surface area contributed by atoms with Gasteiger partial charge in [0.2, 0.25) is 10.0 Å². The summed E-state index contributed by atoms with van der Waals surface area (Å²) in [6.07, 6.45) is 2.15. The highest BCUT2D eigenvalue weighted by Crippen LogP contribution is 2.22. The molecule has 2 aromatic rings. The molecule has 0 spiro atoms. The zero-order valence-corrected chi connectivity index (χ0v) is 18.8. The van der Waals surface area contributed by atoms with Crippen LogP contribution in [0.2, 0.25) is 0 Å². The van der Waals surface area contributed by atoms with E-state index < -0.39 is 15.8 Å². The molecule has 4 N–H and O–H groups in total. The van der Waals surface area contributed by atoms with Crippen molar-refractivity contribution in [1.29, 1.82) is 0 Å². The van der Waals surface area contributed by atoms with Gasteiger partial charge in [0, 0.05) is 38.0 Å². The lowest BCUT2D eigenvalue weighted by Crippen LogP contribution is -2.28. The fraction of sp³-hybridized carbons (Fsp3) is 0.318. The Bertz CT molecular complexity index is 1070. The lowest BCUT2D eigenvalue weighted by atomic mass is 10.0. The molecule has 0 saturated heterocycles. The topological polar surface area (TPSA) is 111 Å². The molecule has 0 amide bonds. The molecular weight excluding hydrogens is 419 g/mol. The summed E-state index contributed by atoms with van der Waals surface area (Å²) in [7, 11) is -0.447. The first-order valence-corrected chi connectivity index (χ1v) is 11.2. The molecule has 0 bridgehead atoms. The lowest BCUT2D eigenvalue weighted by Gasteiger charge is -2.16. The molecule has 0 aliphatic carbocycles. The number of ether oxygens (including phenoxy) is 1. The van der Waals surface area contributed by atoms with Gasteiger partial charge in [0.15, 0.2) is 0 Å². The number of hydrogen-bond donors (Lipinski definition) is 2. The van der Waals surface area contributed by atoms with Crippen molar-refractivity contribution in [2.24, 2.45) is 15.9 Å². The van der Waals surface area contributed by atoms with Crippen LogP contribution in [0.4, 0.5) is 10.1 Å². The molecule has 9 heteroatoms. The molecule has 2 aromatic carbocycles. The van der Waals surface area contributed by atoms with Gasteiger partial charge < -0.3 is 10.5 Å². The number of likely N-dealkylation sites (N-methyl/N-ethyl adjacent to an activating group) is 1. The van der Waals surface area contributed by atoms with Gasteiger partial charge in [-0.25, -0.2) is 22.9 Å². The minimum absolute atomic E-state index is 0.00633. The maximum absolute atomic E-state index is 14.5. The maximum atomic E-state index is 14.5. The predicted octanol–water partition coefficient (Wildman–Crippen LogP) is 2.52. The molecule has 0 aliphatic heterocycles. The zero-order valence-electron chi connectivity index (χ0n) is 18.0. The fourth-order valence-electron chi connectivity index (χ4n) is 2.96. The van der Waals surface area contributed by atoms with E-state index in [0.29, 0.717) is 37.5 Å². The number of aliphatic imine (C=N–C) groups is 1. The number of nitrogens with two attached hydrogens (primary N) is 2. The Morgan fingerprint density at radius 3 is 2.61 bits per heavy atom. The van der Waals surface area contributed by atoms with Crippen LogP contribution in [0.3, 0.4) is 0 Å². The van der Waals surface area contributed by atoms with Gasteiger partial charge in [-0.05, 0) is 43.8 Å². The average molecular weight is 449 g/mol. The molecule has 168 valence electrons. The summed E-state index contributed by atoms with van der Waals surface area (Å²) < 4.78 is 42.5. The number of nitrogens with zero attached hydrogens (tertiary/aromatic N) is 2. The highest BCUT2D eigenvalue weighted by atomic mass is 32.2. The summed E-state index contributed by atoms with van der Waals surface area (Å²) in [4.78, 5) is 6.12. The van der Waals surface area contributed by atoms with Crippen molar-refractivity contribution < 1.29 is 17.5 Å². The Morgan fingerprint density at radius 2 is 2.00 bits per heavy atom. The Labute approximate surface area is 183 Å². The van der Waals surface area contributed by atoms with E-state index in [2.05, 4.69) is 4.99 Å². The SMILES string of the molecule is COCCN(C)CC(N)=CC(Cc1cccc(C)c1)=Nc1ccc(S(N)(=O)=O)cc1F. The van der Waals surface area contributed by atoms with E-state index in [1.807, 2.05) is 43.1 Å². The van der Waals surface area contributed by atoms with E-state index in [1.54, 1.807) is 13.2 Å². The first kappa shape index (κ1) is 24.7. The summed E-state index contributed by atoms with van der Waals surface area (Å²) in [5, 5.41) is 5.07. The van der Waals surface area contributed by atoms with Crippen LogP contribution in [0.15, 0.2) is 64.1 Å². The molecule has 0 unspecified atom stereocenters. The number of benzene rings is 2. The molecule has 31 heavy (non-hydrogen) atoms. The monoisotopic (exact) mass is 448 g/mol. The number of rotatable bonds is 10. The van der Waals surface area contributed by atoms with E-state index in [4.69, 9.17) is 15.6 Å². The maximum Gasteiger partial charge on any atom is 0.238 e. The van der Waals surface area contributed by atoms with Crippen LogP contribution in [0.5, 0.6) is 0 Å². The third-order valence-electron chi connectivity index (χ3n) is 4.46. The van der Waals surface area contributed by atoms with Gasteiger partial charge >= 0.3 is 0 Å². The zero-order chi connectivity index (χ0) is 23.0. The number of primary sulfonamides is 1. The number of hydrogen-bond acceptors (Lipinski definition) is 6. The van der Waals surface area contributed by atoms with Crippen LogP contribution < -0.4 is 10.9 Å². The standard InChI is InChI=1S/C22H29FN4O3S/c1-16-5-4-6-17(11-16)12-19(13-18(24)15-27(2)9-10-30-3)26-22-8-7-20(14-21(22)23)31(25,28)29/h4-8,11,13-14H,9-10,12,15,24H2,1-3H3,(H2,25,28,29). The molecule has 0 radical (unpaired) electrons. The Kier molecular flexibility index (Phi) is 8.88. The highest BCUT2D eigenvalue weighted by Gasteiger charge is 2.12. The van der Waals surface area contributed by atoms with Crippen molar-refractivity contribution in [2.75, 3.05) is 33.9 Å². The van der Waals surface area contributed by atoms with Gasteiger partial charge in [0.05, 0.1) is 17.2 Å². The summed E-state index contributed by atoms with van der Waals surface area (Å²) >= 11 is 0. The Morgan fingerprint density at radius 1 is 1.26 bits per heavy atom. The first-order valence-electron chi connectivity index (χ1n) is 9.67. The van der Waals surface area contributed by atoms with Crippen LogP contribution in [0.25, 0.3) is 0 Å². The van der Waals surface area contributed by atoms with Crippen LogP contribution in [-0.4, -0.2) is 52.9 Å². The number of halogens is 1. The average Bonchev–Trinajstić information content (AvgIpc) is 2.67. The fourth-order valence-corrected chi connectivity index (χ4v) is 3.49. The summed E-state index contributed by atoms with van der Waals surface area (Å²) in [6.45, 7) is 3.76. The van der Waals surface area contributed by atoms with Gasteiger partial charge in [-0.1, -0.05) is 29.8 Å². The molecular formula is C22H29FN4O3S. The second kappa shape index (κ2) is 11.1. The van der Waals surface area contributed by atoms with Gasteiger partial charge in [-0.2, -0.15) is 0 Å². The molecule has 0 aromatic heterocycles. The normalized spacial score (nSPS) is 13.1. The Balaban J connectivity index is 2.38. The second-order valence-electron chi connectivity index (χ2n) is 7.38. The van der Waals surface area contributed by atoms with Gasteiger partial charge in [0.1, 0.15) is 5.82 Å². The number of sulfonamides is 1. The van der Waals surface area contributed by atoms with Gasteiger partial charge in [-0.3, -0.25) is 4.90 Å². The van der Waals surface area contributed by atoms with Crippen molar-refractivity contribution >= 4 is 21.4 Å². The highest BCUT2D eigenvalue weighted by molar-refractivity contribution is 7.89. The van der Waals surface area contributed by atoms with E-state index >= 15 is 0 Å². The van der Waals surface area contributed by atoms with E-state index in [9.17, 15) is 12.8 Å². The van der Waals surface area contributed by atoms with Crippen molar-refractivity contribution in [3.05, 3.63) is 71.2 Å². The molecule has 0 heterocycles. The molecule has 7 nitrogen and oxygen atoms in total. The van der Waals surface area contributed by atoms with Crippen LogP contribution in [0, 0.1) is 12.7 Å². The summed E-state index contributed by atoms with van der Waals surface area (Å²) in [6, 6.07) is 11.3. The molecule has 0 fully saturated rings. The van der Waals surface area contributed by atoms with Crippen molar-refractivity contribution in [3.8, 4) is 0 Å². The van der Waals surface area contributed by atoms with Crippen LogP contribution in [0.1, 0.15) is 11.1 Å². The molecule has 0 aliphatic rings. The predicted molar refractivity (Wildman–Crippen MR) is 121 cm³/mol. The van der Waals surface area contributed by atoms with Crippen LogP contribution in [-0.2, 0) is 21.2 Å². The smallest absolute Gasteiger partial charge is 0.238 e. The van der Waals surface area contributed by atoms with Crippen molar-refractivity contribution in [1.82, 2.24) is 4.90 Å². The van der Waals surface area contributed by atoms with Crippen molar-refractivity contribution in [2.45, 2.75) is 18.2 Å². The lowest BCUT2D eigenvalue weighted by molar-refractivity contribution is 0.165. The second-order valence-corrected chi connectivity index (χ2v) is 8.94. The quantitative estimate of drug-likeness (QED) is 0.543. The van der Waals surface area contributed by atoms with Gasteiger partial charge in [0.25, 0.3) is 0 Å². The third kappa shape index (κ3) is 8.22. The minimum atomic E-state index is -4.00. The number of aryl methyl sites for hydroxylation is 1.